The highest BCUT2D eigenvalue weighted by molar-refractivity contribution is 6.29. The minimum Gasteiger partial charge on any atom is -0.382 e. The van der Waals surface area contributed by atoms with Gasteiger partial charge in [0, 0.05) is 13.2 Å². The third-order valence-corrected chi connectivity index (χ3v) is 2.30. The Hall–Kier alpha value is -1.46. The highest BCUT2D eigenvalue weighted by atomic mass is 35.5. The van der Waals surface area contributed by atoms with Gasteiger partial charge in [0.1, 0.15) is 11.3 Å². The van der Waals surface area contributed by atoms with Gasteiger partial charge in [-0.1, -0.05) is 16.8 Å². The molecule has 5 nitrogen and oxygen atoms in total. The summed E-state index contributed by atoms with van der Waals surface area (Å²) in [6, 6.07) is 3.31. The molecule has 0 fully saturated rings. The number of aliphatic hydroxyl groups excluding tert-OH is 1. The highest BCUT2D eigenvalue weighted by Gasteiger charge is 2.14. The quantitative estimate of drug-likeness (QED) is 0.772. The van der Waals surface area contributed by atoms with E-state index in [1.54, 1.807) is 25.4 Å². The van der Waals surface area contributed by atoms with E-state index in [0.717, 1.165) is 0 Å². The van der Waals surface area contributed by atoms with E-state index in [-0.39, 0.29) is 0 Å². The first-order valence-corrected chi connectivity index (χ1v) is 4.70. The standard InChI is InChI=1S/C9H9ClN4O/c1-14-7(5-12-13-14)9(15)6-2-3-11-8(10)4-6/h2-5,9,15H,1H3. The molecule has 15 heavy (non-hydrogen) atoms. The number of aromatic nitrogens is 4. The zero-order valence-corrected chi connectivity index (χ0v) is 8.76. The Balaban J connectivity index is 2.36. The number of rotatable bonds is 2. The van der Waals surface area contributed by atoms with Crippen molar-refractivity contribution in [3.05, 3.63) is 40.9 Å². The van der Waals surface area contributed by atoms with Crippen LogP contribution in [0.5, 0.6) is 0 Å². The molecule has 6 heteroatoms. The first kappa shape index (κ1) is 10.1. The first-order valence-electron chi connectivity index (χ1n) is 4.32. The Morgan fingerprint density at radius 2 is 2.33 bits per heavy atom. The van der Waals surface area contributed by atoms with E-state index in [1.165, 1.54) is 10.9 Å². The van der Waals surface area contributed by atoms with Gasteiger partial charge in [-0.25, -0.2) is 9.67 Å². The molecule has 0 radical (unpaired) electrons. The van der Waals surface area contributed by atoms with Crippen molar-refractivity contribution >= 4 is 11.6 Å². The second kappa shape index (κ2) is 3.96. The molecule has 2 rings (SSSR count). The normalized spacial score (nSPS) is 12.7. The van der Waals surface area contributed by atoms with Gasteiger partial charge in [-0.05, 0) is 17.7 Å². The van der Waals surface area contributed by atoms with Crippen LogP contribution in [0.2, 0.25) is 5.15 Å². The summed E-state index contributed by atoms with van der Waals surface area (Å²) >= 11 is 5.73. The maximum absolute atomic E-state index is 10.00. The molecule has 0 aliphatic heterocycles. The van der Waals surface area contributed by atoms with Crippen LogP contribution < -0.4 is 0 Å². The van der Waals surface area contributed by atoms with Crippen molar-refractivity contribution in [2.24, 2.45) is 7.05 Å². The molecule has 2 aromatic rings. The monoisotopic (exact) mass is 224 g/mol. The maximum atomic E-state index is 10.00. The van der Waals surface area contributed by atoms with Crippen molar-refractivity contribution in [2.75, 3.05) is 0 Å². The summed E-state index contributed by atoms with van der Waals surface area (Å²) in [4.78, 5) is 3.84. The number of pyridine rings is 1. The lowest BCUT2D eigenvalue weighted by Gasteiger charge is -2.10. The second-order valence-corrected chi connectivity index (χ2v) is 3.48. The molecule has 0 saturated heterocycles. The smallest absolute Gasteiger partial charge is 0.129 e. The van der Waals surface area contributed by atoms with E-state index < -0.39 is 6.10 Å². The number of hydrogen-bond acceptors (Lipinski definition) is 4. The molecule has 2 aromatic heterocycles. The Bertz CT molecular complexity index is 471. The summed E-state index contributed by atoms with van der Waals surface area (Å²) in [6.07, 6.45) is 2.27. The van der Waals surface area contributed by atoms with Crippen LogP contribution in [0.25, 0.3) is 0 Å². The minimum absolute atomic E-state index is 0.349. The Kier molecular flexibility index (Phi) is 2.66. The molecule has 1 unspecified atom stereocenters. The third kappa shape index (κ3) is 1.98. The average Bonchev–Trinajstić information content (AvgIpc) is 2.63. The SMILES string of the molecule is Cn1nncc1C(O)c1ccnc(Cl)c1. The second-order valence-electron chi connectivity index (χ2n) is 3.10. The molecule has 2 heterocycles. The summed E-state index contributed by atoms with van der Waals surface area (Å²) in [7, 11) is 1.72. The largest absolute Gasteiger partial charge is 0.382 e. The van der Waals surface area contributed by atoms with Crippen LogP contribution in [0.1, 0.15) is 17.4 Å². The number of nitrogens with zero attached hydrogens (tertiary/aromatic N) is 4. The summed E-state index contributed by atoms with van der Waals surface area (Å²) in [6.45, 7) is 0. The summed E-state index contributed by atoms with van der Waals surface area (Å²) in [5.41, 5.74) is 1.28. The minimum atomic E-state index is -0.787. The summed E-state index contributed by atoms with van der Waals surface area (Å²) in [5, 5.41) is 17.8. The van der Waals surface area contributed by atoms with Crippen molar-refractivity contribution < 1.29 is 5.11 Å². The molecule has 0 aliphatic carbocycles. The lowest BCUT2D eigenvalue weighted by atomic mass is 10.1. The number of aryl methyl sites for hydroxylation is 1. The van der Waals surface area contributed by atoms with E-state index in [1.807, 2.05) is 0 Å². The van der Waals surface area contributed by atoms with Gasteiger partial charge < -0.3 is 5.11 Å². The maximum Gasteiger partial charge on any atom is 0.129 e. The molecule has 1 atom stereocenters. The van der Waals surface area contributed by atoms with Gasteiger partial charge in [0.05, 0.1) is 11.9 Å². The molecule has 0 aliphatic rings. The van der Waals surface area contributed by atoms with E-state index in [9.17, 15) is 5.11 Å². The topological polar surface area (TPSA) is 63.8 Å². The predicted molar refractivity (Wildman–Crippen MR) is 54.3 cm³/mol. The number of aliphatic hydroxyl groups is 1. The van der Waals surface area contributed by atoms with Crippen molar-refractivity contribution in [1.29, 1.82) is 0 Å². The van der Waals surface area contributed by atoms with Gasteiger partial charge >= 0.3 is 0 Å². The van der Waals surface area contributed by atoms with Gasteiger partial charge in [-0.3, -0.25) is 0 Å². The van der Waals surface area contributed by atoms with Crippen LogP contribution in [0.15, 0.2) is 24.5 Å². The lowest BCUT2D eigenvalue weighted by molar-refractivity contribution is 0.209. The Morgan fingerprint density at radius 1 is 1.53 bits per heavy atom. The fourth-order valence-corrected chi connectivity index (χ4v) is 1.49. The zero-order valence-electron chi connectivity index (χ0n) is 8.00. The van der Waals surface area contributed by atoms with Gasteiger partial charge in [0.15, 0.2) is 0 Å². The van der Waals surface area contributed by atoms with Crippen LogP contribution in [-0.4, -0.2) is 25.1 Å². The fraction of sp³-hybridized carbons (Fsp3) is 0.222. The van der Waals surface area contributed by atoms with Crippen molar-refractivity contribution in [2.45, 2.75) is 6.10 Å². The van der Waals surface area contributed by atoms with E-state index in [2.05, 4.69) is 15.3 Å². The Labute approximate surface area is 91.3 Å². The summed E-state index contributed by atoms with van der Waals surface area (Å²) < 4.78 is 1.51. The van der Waals surface area contributed by atoms with E-state index >= 15 is 0 Å². The molecular formula is C9H9ClN4O. The van der Waals surface area contributed by atoms with Gasteiger partial charge in [-0.2, -0.15) is 0 Å². The molecular weight excluding hydrogens is 216 g/mol. The molecule has 0 spiro atoms. The number of hydrogen-bond donors (Lipinski definition) is 1. The van der Waals surface area contributed by atoms with Gasteiger partial charge in [0.25, 0.3) is 0 Å². The zero-order chi connectivity index (χ0) is 10.8. The van der Waals surface area contributed by atoms with Crippen molar-refractivity contribution in [1.82, 2.24) is 20.0 Å². The Morgan fingerprint density at radius 3 is 2.93 bits per heavy atom. The third-order valence-electron chi connectivity index (χ3n) is 2.10. The van der Waals surface area contributed by atoms with E-state index in [0.29, 0.717) is 16.4 Å². The molecule has 0 aromatic carbocycles. The average molecular weight is 225 g/mol. The van der Waals surface area contributed by atoms with Crippen LogP contribution in [-0.2, 0) is 7.05 Å². The highest BCUT2D eigenvalue weighted by Crippen LogP contribution is 2.21. The lowest BCUT2D eigenvalue weighted by Crippen LogP contribution is -2.06. The van der Waals surface area contributed by atoms with Crippen molar-refractivity contribution in [3.63, 3.8) is 0 Å². The fourth-order valence-electron chi connectivity index (χ4n) is 1.30. The first-order chi connectivity index (χ1) is 7.18. The molecule has 0 amide bonds. The predicted octanol–water partition coefficient (Wildman–Crippen LogP) is 0.945. The molecule has 78 valence electrons. The number of halogens is 1. The van der Waals surface area contributed by atoms with Gasteiger partial charge in [0.2, 0.25) is 0 Å². The molecule has 0 bridgehead atoms. The van der Waals surface area contributed by atoms with Crippen LogP contribution in [0.4, 0.5) is 0 Å². The van der Waals surface area contributed by atoms with E-state index in [4.69, 9.17) is 11.6 Å². The van der Waals surface area contributed by atoms with Crippen LogP contribution >= 0.6 is 11.6 Å². The van der Waals surface area contributed by atoms with Gasteiger partial charge in [-0.15, -0.1) is 5.10 Å². The summed E-state index contributed by atoms with van der Waals surface area (Å²) in [5.74, 6) is 0. The molecule has 1 N–H and O–H groups in total. The van der Waals surface area contributed by atoms with Crippen LogP contribution in [0.3, 0.4) is 0 Å². The van der Waals surface area contributed by atoms with Crippen molar-refractivity contribution in [3.8, 4) is 0 Å². The molecule has 0 saturated carbocycles. The van der Waals surface area contributed by atoms with Crippen LogP contribution in [0, 0.1) is 0 Å².